The largest absolute Gasteiger partial charge is 0.334 e. The first kappa shape index (κ1) is 16.7. The zero-order valence-corrected chi connectivity index (χ0v) is 13.2. The summed E-state index contributed by atoms with van der Waals surface area (Å²) in [7, 11) is 0. The quantitative estimate of drug-likeness (QED) is 0.636. The number of amides is 5. The van der Waals surface area contributed by atoms with Crippen LogP contribution in [0.25, 0.3) is 0 Å². The van der Waals surface area contributed by atoms with Crippen molar-refractivity contribution in [2.75, 3.05) is 18.4 Å². The van der Waals surface area contributed by atoms with Gasteiger partial charge in [-0.1, -0.05) is 31.0 Å². The van der Waals surface area contributed by atoms with Crippen LogP contribution in [0.3, 0.4) is 0 Å². The number of unbranched alkanes of at least 4 members (excludes halogenated alkanes) is 1. The number of imide groups is 2. The van der Waals surface area contributed by atoms with Gasteiger partial charge >= 0.3 is 17.8 Å². The smallest absolute Gasteiger partial charge is 0.325 e. The monoisotopic (exact) mass is 317 g/mol. The summed E-state index contributed by atoms with van der Waals surface area (Å²) < 4.78 is 0. The molecule has 0 bridgehead atoms. The molecule has 1 heterocycles. The SMILES string of the molecule is CCCCN1C(=O)C(=O)N(CC(=O)Nc2ccc(C)cc2)C1=O. The van der Waals surface area contributed by atoms with Gasteiger partial charge < -0.3 is 5.32 Å². The van der Waals surface area contributed by atoms with E-state index >= 15 is 0 Å². The number of urea groups is 1. The molecule has 0 aromatic heterocycles. The summed E-state index contributed by atoms with van der Waals surface area (Å²) in [5.74, 6) is -2.35. The minimum Gasteiger partial charge on any atom is -0.325 e. The fourth-order valence-corrected chi connectivity index (χ4v) is 2.18. The molecule has 7 nitrogen and oxygen atoms in total. The number of rotatable bonds is 6. The van der Waals surface area contributed by atoms with E-state index in [1.807, 2.05) is 26.0 Å². The van der Waals surface area contributed by atoms with Crippen LogP contribution in [0.2, 0.25) is 0 Å². The molecule has 1 N–H and O–H groups in total. The van der Waals surface area contributed by atoms with Gasteiger partial charge in [0.2, 0.25) is 5.91 Å². The van der Waals surface area contributed by atoms with Crippen molar-refractivity contribution in [1.29, 1.82) is 0 Å². The third-order valence-corrected chi connectivity index (χ3v) is 3.51. The summed E-state index contributed by atoms with van der Waals surface area (Å²) in [6, 6.07) is 6.38. The van der Waals surface area contributed by atoms with Gasteiger partial charge in [0.15, 0.2) is 0 Å². The molecule has 0 unspecified atom stereocenters. The highest BCUT2D eigenvalue weighted by Crippen LogP contribution is 2.14. The van der Waals surface area contributed by atoms with E-state index in [2.05, 4.69) is 5.32 Å². The molecule has 0 spiro atoms. The van der Waals surface area contributed by atoms with Gasteiger partial charge in [0.1, 0.15) is 6.54 Å². The fourth-order valence-electron chi connectivity index (χ4n) is 2.18. The maximum atomic E-state index is 12.1. The Hall–Kier alpha value is -2.70. The van der Waals surface area contributed by atoms with Crippen LogP contribution < -0.4 is 5.32 Å². The van der Waals surface area contributed by atoms with E-state index in [9.17, 15) is 19.2 Å². The first-order valence-electron chi connectivity index (χ1n) is 7.48. The van der Waals surface area contributed by atoms with Gasteiger partial charge in [0.25, 0.3) is 0 Å². The Bertz CT molecular complexity index is 639. The Morgan fingerprint density at radius 3 is 2.26 bits per heavy atom. The molecule has 7 heteroatoms. The highest BCUT2D eigenvalue weighted by Gasteiger charge is 2.44. The highest BCUT2D eigenvalue weighted by atomic mass is 16.2. The maximum absolute atomic E-state index is 12.1. The van der Waals surface area contributed by atoms with E-state index in [4.69, 9.17) is 0 Å². The summed E-state index contributed by atoms with van der Waals surface area (Å²) >= 11 is 0. The van der Waals surface area contributed by atoms with Crippen LogP contribution in [0.15, 0.2) is 24.3 Å². The van der Waals surface area contributed by atoms with Gasteiger partial charge in [-0.3, -0.25) is 19.3 Å². The third kappa shape index (κ3) is 3.74. The van der Waals surface area contributed by atoms with Gasteiger partial charge in [-0.05, 0) is 25.5 Å². The average Bonchev–Trinajstić information content (AvgIpc) is 2.72. The van der Waals surface area contributed by atoms with Crippen molar-refractivity contribution >= 4 is 29.4 Å². The topological polar surface area (TPSA) is 86.8 Å². The molecule has 2 rings (SSSR count). The van der Waals surface area contributed by atoms with Gasteiger partial charge in [0, 0.05) is 12.2 Å². The molecular weight excluding hydrogens is 298 g/mol. The molecule has 1 aromatic carbocycles. The summed E-state index contributed by atoms with van der Waals surface area (Å²) in [5.41, 5.74) is 1.61. The van der Waals surface area contributed by atoms with Gasteiger partial charge in [0.05, 0.1) is 0 Å². The molecule has 5 amide bonds. The summed E-state index contributed by atoms with van der Waals surface area (Å²) in [6.07, 6.45) is 1.41. The number of anilines is 1. The lowest BCUT2D eigenvalue weighted by Crippen LogP contribution is -2.39. The standard InChI is InChI=1S/C16H19N3O4/c1-3-4-9-18-14(21)15(22)19(16(18)23)10-13(20)17-12-7-5-11(2)6-8-12/h5-8H,3-4,9-10H2,1-2H3,(H,17,20). The Kier molecular flexibility index (Phi) is 5.10. The number of hydrogen-bond donors (Lipinski definition) is 1. The van der Waals surface area contributed by atoms with Crippen molar-refractivity contribution in [3.8, 4) is 0 Å². The normalized spacial score (nSPS) is 14.6. The average molecular weight is 317 g/mol. The number of aryl methyl sites for hydroxylation is 1. The first-order valence-corrected chi connectivity index (χ1v) is 7.48. The van der Waals surface area contributed by atoms with Crippen molar-refractivity contribution in [1.82, 2.24) is 9.80 Å². The molecule has 23 heavy (non-hydrogen) atoms. The third-order valence-electron chi connectivity index (χ3n) is 3.51. The lowest BCUT2D eigenvalue weighted by Gasteiger charge is -2.15. The van der Waals surface area contributed by atoms with E-state index in [1.54, 1.807) is 12.1 Å². The molecule has 1 aliphatic rings. The number of hydrogen-bond acceptors (Lipinski definition) is 4. The summed E-state index contributed by atoms with van der Waals surface area (Å²) in [4.78, 5) is 49.3. The number of benzene rings is 1. The van der Waals surface area contributed by atoms with Crippen molar-refractivity contribution in [3.05, 3.63) is 29.8 Å². The van der Waals surface area contributed by atoms with Crippen LogP contribution in [0.5, 0.6) is 0 Å². The minimum atomic E-state index is -0.954. The van der Waals surface area contributed by atoms with Crippen molar-refractivity contribution < 1.29 is 19.2 Å². The Morgan fingerprint density at radius 1 is 1.04 bits per heavy atom. The second-order valence-electron chi connectivity index (χ2n) is 5.40. The van der Waals surface area contributed by atoms with Gasteiger partial charge in [-0.15, -0.1) is 0 Å². The lowest BCUT2D eigenvalue weighted by molar-refractivity contribution is -0.143. The van der Waals surface area contributed by atoms with Crippen LogP contribution in [0.4, 0.5) is 10.5 Å². The second kappa shape index (κ2) is 7.04. The molecular formula is C16H19N3O4. The predicted molar refractivity (Wildman–Crippen MR) is 83.5 cm³/mol. The molecule has 1 saturated heterocycles. The highest BCUT2D eigenvalue weighted by molar-refractivity contribution is 6.45. The van der Waals surface area contributed by atoms with Gasteiger partial charge in [-0.25, -0.2) is 9.69 Å². The molecule has 1 fully saturated rings. The number of nitrogens with zero attached hydrogens (tertiary/aromatic N) is 2. The molecule has 0 saturated carbocycles. The number of carbonyl (C=O) groups is 4. The molecule has 122 valence electrons. The molecule has 0 radical (unpaired) electrons. The fraction of sp³-hybridized carbons (Fsp3) is 0.375. The first-order chi connectivity index (χ1) is 10.9. The Labute approximate surface area is 134 Å². The van der Waals surface area contributed by atoms with Crippen LogP contribution in [0, 0.1) is 6.92 Å². The molecule has 1 aromatic rings. The van der Waals surface area contributed by atoms with Crippen molar-refractivity contribution in [2.24, 2.45) is 0 Å². The molecule has 0 aliphatic carbocycles. The van der Waals surface area contributed by atoms with E-state index in [-0.39, 0.29) is 6.54 Å². The lowest BCUT2D eigenvalue weighted by atomic mass is 10.2. The van der Waals surface area contributed by atoms with E-state index in [1.165, 1.54) is 0 Å². The van der Waals surface area contributed by atoms with Crippen LogP contribution in [-0.4, -0.2) is 46.6 Å². The minimum absolute atomic E-state index is 0.190. The summed E-state index contributed by atoms with van der Waals surface area (Å²) in [6.45, 7) is 3.55. The van der Waals surface area contributed by atoms with Crippen LogP contribution >= 0.6 is 0 Å². The van der Waals surface area contributed by atoms with E-state index in [0.717, 1.165) is 16.9 Å². The van der Waals surface area contributed by atoms with Gasteiger partial charge in [-0.2, -0.15) is 0 Å². The number of nitrogens with one attached hydrogen (secondary N) is 1. The maximum Gasteiger partial charge on any atom is 0.334 e. The zero-order valence-electron chi connectivity index (χ0n) is 13.2. The molecule has 1 aliphatic heterocycles. The van der Waals surface area contributed by atoms with Crippen molar-refractivity contribution in [3.63, 3.8) is 0 Å². The van der Waals surface area contributed by atoms with Crippen molar-refractivity contribution in [2.45, 2.75) is 26.7 Å². The Balaban J connectivity index is 2.00. The van der Waals surface area contributed by atoms with Crippen LogP contribution in [-0.2, 0) is 14.4 Å². The van der Waals surface area contributed by atoms with Crippen LogP contribution in [0.1, 0.15) is 25.3 Å². The van der Waals surface area contributed by atoms with E-state index < -0.39 is 30.3 Å². The summed E-state index contributed by atoms with van der Waals surface area (Å²) in [5, 5.41) is 2.60. The predicted octanol–water partition coefficient (Wildman–Crippen LogP) is 1.52. The second-order valence-corrected chi connectivity index (χ2v) is 5.40. The van der Waals surface area contributed by atoms with E-state index in [0.29, 0.717) is 17.0 Å². The zero-order chi connectivity index (χ0) is 17.0. The Morgan fingerprint density at radius 2 is 1.65 bits per heavy atom. The number of carbonyl (C=O) groups excluding carboxylic acids is 4. The molecule has 0 atom stereocenters.